The highest BCUT2D eigenvalue weighted by Gasteiger charge is 2.18. The second-order valence-electron chi connectivity index (χ2n) is 6.78. The number of thioether (sulfide) groups is 1. The van der Waals surface area contributed by atoms with Crippen LogP contribution >= 0.6 is 11.8 Å². The van der Waals surface area contributed by atoms with Gasteiger partial charge in [0.2, 0.25) is 5.91 Å². The van der Waals surface area contributed by atoms with Gasteiger partial charge in [0.15, 0.2) is 10.8 Å². The van der Waals surface area contributed by atoms with E-state index < -0.39 is 18.1 Å². The van der Waals surface area contributed by atoms with Crippen molar-refractivity contribution in [3.05, 3.63) is 57.5 Å². The van der Waals surface area contributed by atoms with Crippen LogP contribution in [0.4, 0.5) is 8.78 Å². The number of nitrogens with zero attached hydrogens (tertiary/aromatic N) is 2. The summed E-state index contributed by atoms with van der Waals surface area (Å²) in [4.78, 5) is 47.6. The van der Waals surface area contributed by atoms with Crippen LogP contribution in [0.15, 0.2) is 40.3 Å². The van der Waals surface area contributed by atoms with E-state index in [1.54, 1.807) is 19.1 Å². The zero-order chi connectivity index (χ0) is 24.0. The fourth-order valence-corrected chi connectivity index (χ4v) is 3.64. The summed E-state index contributed by atoms with van der Waals surface area (Å²) in [5, 5.41) is 2.94. The number of alkyl halides is 2. The predicted octanol–water partition coefficient (Wildman–Crippen LogP) is 2.47. The first-order chi connectivity index (χ1) is 15.8. The van der Waals surface area contributed by atoms with Crippen LogP contribution in [0.5, 0.6) is 5.75 Å². The van der Waals surface area contributed by atoms with E-state index in [1.165, 1.54) is 25.3 Å². The number of rotatable bonds is 9. The lowest BCUT2D eigenvalue weighted by atomic mass is 10.1. The summed E-state index contributed by atoms with van der Waals surface area (Å²) in [6.45, 7) is -0.886. The standard InChI is InChI=1S/C21H20F2N4O5S/c1-11-9-14(19(30)31-2)16-17(25-11)26-21(27-18(16)29)33-10-15(28)24-8-7-12-3-5-13(6-4-12)32-20(22)23/h3-6,9,20H,7-8,10H2,1-2H3,(H,24,28)(H,25,26,27,29). The molecule has 2 N–H and O–H groups in total. The zero-order valence-corrected chi connectivity index (χ0v) is 18.5. The van der Waals surface area contributed by atoms with Crippen LogP contribution in [-0.4, -0.2) is 52.8 Å². The van der Waals surface area contributed by atoms with Gasteiger partial charge < -0.3 is 19.8 Å². The van der Waals surface area contributed by atoms with E-state index in [0.717, 1.165) is 17.3 Å². The summed E-state index contributed by atoms with van der Waals surface area (Å²) >= 11 is 1.01. The molecule has 2 aromatic heterocycles. The first-order valence-corrected chi connectivity index (χ1v) is 10.7. The largest absolute Gasteiger partial charge is 0.465 e. The maximum absolute atomic E-state index is 12.5. The Kier molecular flexibility index (Phi) is 7.93. The number of carbonyl (C=O) groups excluding carboxylic acids is 2. The van der Waals surface area contributed by atoms with Gasteiger partial charge in [0.05, 0.1) is 23.8 Å². The van der Waals surface area contributed by atoms with Gasteiger partial charge in [0.1, 0.15) is 5.75 Å². The molecule has 3 aromatic rings. The molecule has 0 bridgehead atoms. The summed E-state index contributed by atoms with van der Waals surface area (Å²) in [6.07, 6.45) is 0.496. The summed E-state index contributed by atoms with van der Waals surface area (Å²) in [5.41, 5.74) is 0.921. The molecule has 1 amide bonds. The predicted molar refractivity (Wildman–Crippen MR) is 117 cm³/mol. The fourth-order valence-electron chi connectivity index (χ4n) is 2.95. The van der Waals surface area contributed by atoms with Crippen molar-refractivity contribution in [3.8, 4) is 5.75 Å². The van der Waals surface area contributed by atoms with Crippen LogP contribution < -0.4 is 15.6 Å². The maximum Gasteiger partial charge on any atom is 0.387 e. The Hall–Kier alpha value is -3.54. The molecule has 0 unspecified atom stereocenters. The van der Waals surface area contributed by atoms with Crippen LogP contribution in [0.1, 0.15) is 21.6 Å². The molecule has 0 atom stereocenters. The van der Waals surface area contributed by atoms with E-state index in [0.29, 0.717) is 18.7 Å². The van der Waals surface area contributed by atoms with Gasteiger partial charge in [-0.25, -0.2) is 14.8 Å². The second-order valence-corrected chi connectivity index (χ2v) is 7.75. The molecule has 12 heteroatoms. The van der Waals surface area contributed by atoms with Gasteiger partial charge in [0, 0.05) is 12.2 Å². The Bertz CT molecular complexity index is 1220. The van der Waals surface area contributed by atoms with Gasteiger partial charge in [0.25, 0.3) is 5.56 Å². The molecule has 0 radical (unpaired) electrons. The molecule has 0 saturated carbocycles. The number of hydrogen-bond donors (Lipinski definition) is 2. The first-order valence-electron chi connectivity index (χ1n) is 9.70. The molecule has 0 spiro atoms. The summed E-state index contributed by atoms with van der Waals surface area (Å²) < 4.78 is 33.3. The number of aromatic amines is 1. The van der Waals surface area contributed by atoms with E-state index >= 15 is 0 Å². The molecule has 0 aliphatic carbocycles. The molecule has 174 valence electrons. The number of methoxy groups -OCH3 is 1. The number of hydrogen-bond acceptors (Lipinski definition) is 8. The zero-order valence-electron chi connectivity index (χ0n) is 17.7. The Morgan fingerprint density at radius 2 is 1.94 bits per heavy atom. The molecular weight excluding hydrogens is 458 g/mol. The van der Waals surface area contributed by atoms with Gasteiger partial charge in [-0.3, -0.25) is 9.59 Å². The Labute approximate surface area is 190 Å². The fraction of sp³-hybridized carbons (Fsp3) is 0.286. The third-order valence-corrected chi connectivity index (χ3v) is 5.29. The molecule has 33 heavy (non-hydrogen) atoms. The van der Waals surface area contributed by atoms with Crippen LogP contribution in [0.3, 0.4) is 0 Å². The minimum absolute atomic E-state index is 0.00864. The average Bonchev–Trinajstić information content (AvgIpc) is 2.77. The number of benzene rings is 1. The molecule has 0 fully saturated rings. The van der Waals surface area contributed by atoms with Gasteiger partial charge in [-0.05, 0) is 37.1 Å². The highest BCUT2D eigenvalue weighted by Crippen LogP contribution is 2.18. The van der Waals surface area contributed by atoms with Gasteiger partial charge in [-0.1, -0.05) is 23.9 Å². The number of aromatic nitrogens is 3. The monoisotopic (exact) mass is 478 g/mol. The van der Waals surface area contributed by atoms with Crippen molar-refractivity contribution in [1.82, 2.24) is 20.3 Å². The lowest BCUT2D eigenvalue weighted by molar-refractivity contribution is -0.118. The Morgan fingerprint density at radius 3 is 2.61 bits per heavy atom. The van der Waals surface area contributed by atoms with Crippen LogP contribution in [-0.2, 0) is 16.0 Å². The minimum Gasteiger partial charge on any atom is -0.465 e. The van der Waals surface area contributed by atoms with Crippen molar-refractivity contribution < 1.29 is 27.8 Å². The van der Waals surface area contributed by atoms with Crippen molar-refractivity contribution in [2.24, 2.45) is 0 Å². The van der Waals surface area contributed by atoms with E-state index in [2.05, 4.69) is 25.0 Å². The number of fused-ring (bicyclic) bond motifs is 1. The molecule has 3 rings (SSSR count). The van der Waals surface area contributed by atoms with Crippen LogP contribution in [0.2, 0.25) is 0 Å². The quantitative estimate of drug-likeness (QED) is 0.273. The maximum atomic E-state index is 12.5. The molecule has 0 aliphatic rings. The lowest BCUT2D eigenvalue weighted by Gasteiger charge is -2.08. The van der Waals surface area contributed by atoms with Crippen molar-refractivity contribution in [1.29, 1.82) is 0 Å². The number of H-pyrrole nitrogens is 1. The smallest absolute Gasteiger partial charge is 0.387 e. The van der Waals surface area contributed by atoms with Crippen molar-refractivity contribution >= 4 is 34.7 Å². The third kappa shape index (κ3) is 6.48. The molecule has 9 nitrogen and oxygen atoms in total. The lowest BCUT2D eigenvalue weighted by Crippen LogP contribution is -2.27. The van der Waals surface area contributed by atoms with Crippen molar-refractivity contribution in [2.45, 2.75) is 25.1 Å². The number of carbonyl (C=O) groups is 2. The molecule has 0 saturated heterocycles. The van der Waals surface area contributed by atoms with E-state index in [4.69, 9.17) is 4.74 Å². The van der Waals surface area contributed by atoms with Gasteiger partial charge in [-0.2, -0.15) is 8.78 Å². The van der Waals surface area contributed by atoms with E-state index in [-0.39, 0.29) is 39.2 Å². The minimum atomic E-state index is -2.88. The first kappa shape index (κ1) is 24.1. The number of amides is 1. The van der Waals surface area contributed by atoms with Crippen LogP contribution in [0, 0.1) is 6.92 Å². The van der Waals surface area contributed by atoms with E-state index in [9.17, 15) is 23.2 Å². The highest BCUT2D eigenvalue weighted by atomic mass is 32.2. The highest BCUT2D eigenvalue weighted by molar-refractivity contribution is 7.99. The van der Waals surface area contributed by atoms with Gasteiger partial charge >= 0.3 is 12.6 Å². The van der Waals surface area contributed by atoms with Crippen molar-refractivity contribution in [2.75, 3.05) is 19.4 Å². The second kappa shape index (κ2) is 10.9. The topological polar surface area (TPSA) is 123 Å². The SMILES string of the molecule is COC(=O)c1cc(C)nc2nc(SCC(=O)NCCc3ccc(OC(F)F)cc3)[nH]c(=O)c12. The molecule has 1 aromatic carbocycles. The average molecular weight is 478 g/mol. The number of esters is 1. The van der Waals surface area contributed by atoms with E-state index in [1.807, 2.05) is 0 Å². The van der Waals surface area contributed by atoms with Crippen molar-refractivity contribution in [3.63, 3.8) is 0 Å². The van der Waals surface area contributed by atoms with Gasteiger partial charge in [-0.15, -0.1) is 0 Å². The third-order valence-electron chi connectivity index (χ3n) is 4.41. The summed E-state index contributed by atoms with van der Waals surface area (Å²) in [6, 6.07) is 7.59. The van der Waals surface area contributed by atoms with Crippen LogP contribution in [0.25, 0.3) is 11.0 Å². The number of ether oxygens (including phenoxy) is 2. The normalized spacial score (nSPS) is 10.9. The number of nitrogens with one attached hydrogen (secondary N) is 2. The summed E-state index contributed by atoms with van der Waals surface area (Å²) in [5.74, 6) is -0.901. The number of aryl methyl sites for hydroxylation is 1. The Balaban J connectivity index is 1.57. The molecular formula is C21H20F2N4O5S. The summed E-state index contributed by atoms with van der Waals surface area (Å²) in [7, 11) is 1.21. The molecule has 0 aliphatic heterocycles. The number of pyridine rings is 1. The number of halogens is 2. The Morgan fingerprint density at radius 1 is 1.21 bits per heavy atom. The molecule has 2 heterocycles.